The van der Waals surface area contributed by atoms with Gasteiger partial charge in [0, 0.05) is 0 Å². The average Bonchev–Trinajstić information content (AvgIpc) is 2.38. The van der Waals surface area contributed by atoms with E-state index in [0.717, 1.165) is 11.5 Å². The molecule has 1 unspecified atom stereocenters. The molecule has 1 N–H and O–H groups in total. The monoisotopic (exact) mass is 258 g/mol. The summed E-state index contributed by atoms with van der Waals surface area (Å²) in [4.78, 5) is 0. The molecule has 1 nitrogen and oxygen atoms in total. The Balaban J connectivity index is 1.73. The summed E-state index contributed by atoms with van der Waals surface area (Å²) in [6.45, 7) is 2.26. The fraction of sp³-hybridized carbons (Fsp3) is 0.667. The lowest BCUT2D eigenvalue weighted by Gasteiger charge is -2.38. The first-order valence-electron chi connectivity index (χ1n) is 7.97. The molecule has 1 heteroatoms. The third kappa shape index (κ3) is 2.58. The van der Waals surface area contributed by atoms with Crippen LogP contribution in [0.5, 0.6) is 0 Å². The smallest absolute Gasteiger partial charge is 0.0843 e. The molecule has 0 aromatic heterocycles. The van der Waals surface area contributed by atoms with Crippen molar-refractivity contribution in [2.24, 2.45) is 5.41 Å². The third-order valence-electron chi connectivity index (χ3n) is 5.48. The molecule has 1 aromatic carbocycles. The lowest BCUT2D eigenvalue weighted by Crippen LogP contribution is -2.28. The Hall–Kier alpha value is -0.820. The summed E-state index contributed by atoms with van der Waals surface area (Å²) in [5, 5.41) is 10.7. The van der Waals surface area contributed by atoms with Crippen molar-refractivity contribution in [1.82, 2.24) is 0 Å². The lowest BCUT2D eigenvalue weighted by molar-refractivity contribution is 0.00817. The van der Waals surface area contributed by atoms with Gasteiger partial charge in [0.05, 0.1) is 6.10 Å². The second-order valence-electron chi connectivity index (χ2n) is 6.91. The minimum atomic E-state index is -0.289. The number of aliphatic hydroxyl groups excluding tert-OH is 1. The normalized spacial score (nSPS) is 24.7. The van der Waals surface area contributed by atoms with Gasteiger partial charge in [-0.1, -0.05) is 56.9 Å². The zero-order chi connectivity index (χ0) is 13.3. The summed E-state index contributed by atoms with van der Waals surface area (Å²) in [6.07, 6.45) is 10.00. The van der Waals surface area contributed by atoms with Gasteiger partial charge >= 0.3 is 0 Å². The van der Waals surface area contributed by atoms with Crippen LogP contribution in [0.4, 0.5) is 0 Å². The Labute approximate surface area is 117 Å². The standard InChI is InChI=1S/C18H26O/c1-18(12-3-2-4-13-18)17(19)16-10-8-15(9-11-16)14-6-5-7-14/h8-11,14,17,19H,2-7,12-13H2,1H3. The highest BCUT2D eigenvalue weighted by Gasteiger charge is 2.35. The van der Waals surface area contributed by atoms with Crippen molar-refractivity contribution in [3.8, 4) is 0 Å². The second kappa shape index (κ2) is 5.28. The molecular weight excluding hydrogens is 232 g/mol. The summed E-state index contributed by atoms with van der Waals surface area (Å²) in [5.74, 6) is 0.788. The van der Waals surface area contributed by atoms with Gasteiger partial charge in [0.25, 0.3) is 0 Å². The van der Waals surface area contributed by atoms with Crippen molar-refractivity contribution >= 4 is 0 Å². The molecule has 0 saturated heterocycles. The van der Waals surface area contributed by atoms with Crippen LogP contribution in [0.2, 0.25) is 0 Å². The summed E-state index contributed by atoms with van der Waals surface area (Å²) in [6, 6.07) is 8.82. The number of rotatable bonds is 3. The topological polar surface area (TPSA) is 20.2 Å². The van der Waals surface area contributed by atoms with Crippen LogP contribution in [0.3, 0.4) is 0 Å². The van der Waals surface area contributed by atoms with Crippen molar-refractivity contribution in [1.29, 1.82) is 0 Å². The maximum absolute atomic E-state index is 10.7. The molecular formula is C18H26O. The van der Waals surface area contributed by atoms with Crippen molar-refractivity contribution in [2.45, 2.75) is 70.3 Å². The zero-order valence-corrected chi connectivity index (χ0v) is 12.1. The Kier molecular flexibility index (Phi) is 3.66. The Morgan fingerprint density at radius 2 is 1.63 bits per heavy atom. The first kappa shape index (κ1) is 13.2. The molecule has 2 aliphatic carbocycles. The molecule has 104 valence electrons. The molecule has 0 amide bonds. The summed E-state index contributed by atoms with van der Waals surface area (Å²) in [7, 11) is 0. The SMILES string of the molecule is CC1(C(O)c2ccc(C3CCC3)cc2)CCCCC1. The van der Waals surface area contributed by atoms with Crippen LogP contribution < -0.4 is 0 Å². The highest BCUT2D eigenvalue weighted by molar-refractivity contribution is 5.28. The molecule has 19 heavy (non-hydrogen) atoms. The summed E-state index contributed by atoms with van der Waals surface area (Å²) in [5.41, 5.74) is 2.68. The van der Waals surface area contributed by atoms with Gasteiger partial charge in [-0.15, -0.1) is 0 Å². The third-order valence-corrected chi connectivity index (χ3v) is 5.48. The van der Waals surface area contributed by atoms with E-state index >= 15 is 0 Å². The molecule has 2 saturated carbocycles. The van der Waals surface area contributed by atoms with Crippen molar-refractivity contribution in [3.63, 3.8) is 0 Å². The van der Waals surface area contributed by atoms with E-state index in [0.29, 0.717) is 0 Å². The maximum atomic E-state index is 10.7. The van der Waals surface area contributed by atoms with Gasteiger partial charge in [-0.2, -0.15) is 0 Å². The molecule has 3 rings (SSSR count). The van der Waals surface area contributed by atoms with Gasteiger partial charge < -0.3 is 5.11 Å². The second-order valence-corrected chi connectivity index (χ2v) is 6.91. The van der Waals surface area contributed by atoms with Gasteiger partial charge in [0.15, 0.2) is 0 Å². The lowest BCUT2D eigenvalue weighted by atomic mass is 9.70. The van der Waals surface area contributed by atoms with Gasteiger partial charge in [-0.3, -0.25) is 0 Å². The van der Waals surface area contributed by atoms with Crippen LogP contribution in [0, 0.1) is 5.41 Å². The Bertz CT molecular complexity index is 410. The molecule has 0 aliphatic heterocycles. The largest absolute Gasteiger partial charge is 0.388 e. The Morgan fingerprint density at radius 1 is 1.00 bits per heavy atom. The van der Waals surface area contributed by atoms with E-state index in [-0.39, 0.29) is 11.5 Å². The van der Waals surface area contributed by atoms with Crippen LogP contribution in [-0.2, 0) is 0 Å². The van der Waals surface area contributed by atoms with E-state index in [1.807, 2.05) is 0 Å². The molecule has 1 atom stereocenters. The predicted octanol–water partition coefficient (Wildman–Crippen LogP) is 4.96. The van der Waals surface area contributed by atoms with Gasteiger partial charge in [-0.05, 0) is 48.1 Å². The van der Waals surface area contributed by atoms with Gasteiger partial charge in [-0.25, -0.2) is 0 Å². The molecule has 0 radical (unpaired) electrons. The quantitative estimate of drug-likeness (QED) is 0.812. The molecule has 0 bridgehead atoms. The Morgan fingerprint density at radius 3 is 2.16 bits per heavy atom. The minimum absolute atomic E-state index is 0.0935. The zero-order valence-electron chi connectivity index (χ0n) is 12.1. The van der Waals surface area contributed by atoms with Crippen molar-refractivity contribution in [2.75, 3.05) is 0 Å². The summed E-state index contributed by atoms with van der Waals surface area (Å²) >= 11 is 0. The van der Waals surface area contributed by atoms with Crippen LogP contribution in [0.15, 0.2) is 24.3 Å². The number of aliphatic hydroxyl groups is 1. The number of benzene rings is 1. The first-order chi connectivity index (χ1) is 9.19. The fourth-order valence-corrected chi connectivity index (χ4v) is 3.73. The van der Waals surface area contributed by atoms with Gasteiger partial charge in [0.1, 0.15) is 0 Å². The first-order valence-corrected chi connectivity index (χ1v) is 7.97. The average molecular weight is 258 g/mol. The molecule has 2 aliphatic rings. The number of hydrogen-bond donors (Lipinski definition) is 1. The van der Waals surface area contributed by atoms with Crippen LogP contribution >= 0.6 is 0 Å². The van der Waals surface area contributed by atoms with E-state index in [9.17, 15) is 5.11 Å². The van der Waals surface area contributed by atoms with Crippen LogP contribution in [-0.4, -0.2) is 5.11 Å². The summed E-state index contributed by atoms with van der Waals surface area (Å²) < 4.78 is 0. The highest BCUT2D eigenvalue weighted by Crippen LogP contribution is 2.46. The molecule has 0 spiro atoms. The molecule has 2 fully saturated rings. The highest BCUT2D eigenvalue weighted by atomic mass is 16.3. The van der Waals surface area contributed by atoms with E-state index in [1.54, 1.807) is 0 Å². The van der Waals surface area contributed by atoms with Crippen molar-refractivity contribution in [3.05, 3.63) is 35.4 Å². The minimum Gasteiger partial charge on any atom is -0.388 e. The number of hydrogen-bond acceptors (Lipinski definition) is 1. The molecule has 1 aromatic rings. The predicted molar refractivity (Wildman–Crippen MR) is 79.2 cm³/mol. The fourth-order valence-electron chi connectivity index (χ4n) is 3.73. The van der Waals surface area contributed by atoms with E-state index < -0.39 is 0 Å². The van der Waals surface area contributed by atoms with Gasteiger partial charge in [0.2, 0.25) is 0 Å². The van der Waals surface area contributed by atoms with Crippen LogP contribution in [0.25, 0.3) is 0 Å². The van der Waals surface area contributed by atoms with Crippen LogP contribution in [0.1, 0.15) is 81.4 Å². The maximum Gasteiger partial charge on any atom is 0.0843 e. The van der Waals surface area contributed by atoms with E-state index in [2.05, 4.69) is 31.2 Å². The van der Waals surface area contributed by atoms with Crippen molar-refractivity contribution < 1.29 is 5.11 Å². The van der Waals surface area contributed by atoms with E-state index in [1.165, 1.54) is 56.9 Å². The van der Waals surface area contributed by atoms with E-state index in [4.69, 9.17) is 0 Å². The molecule has 0 heterocycles.